The quantitative estimate of drug-likeness (QED) is 0.362. The van der Waals surface area contributed by atoms with E-state index in [2.05, 4.69) is 9.72 Å². The van der Waals surface area contributed by atoms with Crippen molar-refractivity contribution in [3.63, 3.8) is 0 Å². The molecule has 1 N–H and O–H groups in total. The molecule has 0 aliphatic rings. The highest BCUT2D eigenvalue weighted by molar-refractivity contribution is 5.85. The van der Waals surface area contributed by atoms with Gasteiger partial charge in [-0.25, -0.2) is 0 Å². The lowest BCUT2D eigenvalue weighted by Crippen LogP contribution is -2.06. The zero-order chi connectivity index (χ0) is 22.0. The number of fused-ring (bicyclic) bond motifs is 2. The lowest BCUT2D eigenvalue weighted by Gasteiger charge is -2.12. The molecule has 0 spiro atoms. The Morgan fingerprint density at radius 2 is 2.00 bits per heavy atom. The third-order valence-electron chi connectivity index (χ3n) is 5.29. The summed E-state index contributed by atoms with van der Waals surface area (Å²) in [6.45, 7) is 3.10. The Labute approximate surface area is 177 Å². The van der Waals surface area contributed by atoms with Gasteiger partial charge in [-0.1, -0.05) is 24.6 Å². The number of aromatic nitrogens is 2. The third kappa shape index (κ3) is 4.25. The third-order valence-corrected chi connectivity index (χ3v) is 5.29. The molecule has 0 unspecified atom stereocenters. The van der Waals surface area contributed by atoms with Crippen molar-refractivity contribution >= 4 is 21.9 Å². The first-order valence-electron chi connectivity index (χ1n) is 10.2. The lowest BCUT2D eigenvalue weighted by molar-refractivity contribution is -0.141. The van der Waals surface area contributed by atoms with E-state index in [1.807, 2.05) is 37.4 Å². The average molecular weight is 432 g/mol. The molecule has 2 aromatic carbocycles. The first kappa shape index (κ1) is 21.2. The summed E-state index contributed by atoms with van der Waals surface area (Å²) in [5, 5.41) is 13.5. The molecule has 31 heavy (non-hydrogen) atoms. The second-order valence-electron chi connectivity index (χ2n) is 7.46. The monoisotopic (exact) mass is 432 g/mol. The Balaban J connectivity index is 1.47. The number of hydrogen-bond acceptors (Lipinski definition) is 4. The van der Waals surface area contributed by atoms with E-state index >= 15 is 0 Å². The molecule has 5 nitrogen and oxygen atoms in total. The maximum absolute atomic E-state index is 13.1. The van der Waals surface area contributed by atoms with Gasteiger partial charge in [-0.05, 0) is 54.1 Å². The van der Waals surface area contributed by atoms with Crippen molar-refractivity contribution in [2.75, 3.05) is 6.61 Å². The molecule has 0 amide bonds. The SMILES string of the molecule is CCCc1c(OCCCn2ccc3cc(CO)ccc32)ccc2c(C(F)(F)F)noc12. The van der Waals surface area contributed by atoms with Gasteiger partial charge >= 0.3 is 6.18 Å². The summed E-state index contributed by atoms with van der Waals surface area (Å²) in [6, 6.07) is 10.8. The molecule has 0 fully saturated rings. The Kier molecular flexibility index (Phi) is 5.91. The molecule has 0 bridgehead atoms. The molecule has 4 aromatic rings. The Morgan fingerprint density at radius 1 is 1.16 bits per heavy atom. The normalized spacial score (nSPS) is 12.2. The predicted molar refractivity (Wildman–Crippen MR) is 111 cm³/mol. The summed E-state index contributed by atoms with van der Waals surface area (Å²) in [7, 11) is 0. The predicted octanol–water partition coefficient (Wildman–Crippen LogP) is 5.72. The molecule has 2 heterocycles. The van der Waals surface area contributed by atoms with Gasteiger partial charge in [0.25, 0.3) is 0 Å². The second kappa shape index (κ2) is 8.63. The van der Waals surface area contributed by atoms with Gasteiger partial charge in [0.1, 0.15) is 5.75 Å². The van der Waals surface area contributed by atoms with Crippen molar-refractivity contribution in [2.24, 2.45) is 0 Å². The van der Waals surface area contributed by atoms with Crippen LogP contribution in [-0.2, 0) is 25.7 Å². The van der Waals surface area contributed by atoms with Crippen LogP contribution in [0.3, 0.4) is 0 Å². The minimum atomic E-state index is -4.56. The molecule has 0 aliphatic carbocycles. The van der Waals surface area contributed by atoms with Gasteiger partial charge in [-0.3, -0.25) is 0 Å². The fourth-order valence-corrected chi connectivity index (χ4v) is 3.83. The summed E-state index contributed by atoms with van der Waals surface area (Å²) in [5.74, 6) is 0.532. The number of hydrogen-bond donors (Lipinski definition) is 1. The van der Waals surface area contributed by atoms with Crippen molar-refractivity contribution in [1.29, 1.82) is 0 Å². The van der Waals surface area contributed by atoms with Crippen molar-refractivity contribution in [1.82, 2.24) is 9.72 Å². The van der Waals surface area contributed by atoms with Gasteiger partial charge in [-0.2, -0.15) is 13.2 Å². The van der Waals surface area contributed by atoms with Crippen molar-refractivity contribution in [3.05, 3.63) is 59.4 Å². The topological polar surface area (TPSA) is 60.4 Å². The molecule has 0 saturated carbocycles. The minimum Gasteiger partial charge on any atom is -0.493 e. The van der Waals surface area contributed by atoms with Crippen LogP contribution in [0.15, 0.2) is 47.1 Å². The van der Waals surface area contributed by atoms with E-state index in [1.165, 1.54) is 6.07 Å². The van der Waals surface area contributed by atoms with E-state index in [1.54, 1.807) is 6.07 Å². The summed E-state index contributed by atoms with van der Waals surface area (Å²) < 4.78 is 52.5. The molecule has 0 aliphatic heterocycles. The van der Waals surface area contributed by atoms with Gasteiger partial charge in [0.2, 0.25) is 0 Å². The number of rotatable bonds is 8. The van der Waals surface area contributed by atoms with Gasteiger partial charge in [-0.15, -0.1) is 0 Å². The number of benzene rings is 2. The van der Waals surface area contributed by atoms with Gasteiger partial charge in [0.15, 0.2) is 11.3 Å². The number of aliphatic hydroxyl groups is 1. The number of alkyl halides is 3. The van der Waals surface area contributed by atoms with Crippen molar-refractivity contribution in [2.45, 2.75) is 45.5 Å². The number of ether oxygens (including phenoxy) is 1. The van der Waals surface area contributed by atoms with E-state index in [4.69, 9.17) is 9.26 Å². The maximum atomic E-state index is 13.1. The van der Waals surface area contributed by atoms with Crippen LogP contribution < -0.4 is 4.74 Å². The number of aliphatic hydroxyl groups excluding tert-OH is 1. The fraction of sp³-hybridized carbons (Fsp3) is 0.348. The molecular formula is C23H23F3N2O3. The zero-order valence-electron chi connectivity index (χ0n) is 17.1. The van der Waals surface area contributed by atoms with E-state index in [-0.39, 0.29) is 17.6 Å². The van der Waals surface area contributed by atoms with E-state index in [9.17, 15) is 18.3 Å². The highest BCUT2D eigenvalue weighted by Crippen LogP contribution is 2.38. The summed E-state index contributed by atoms with van der Waals surface area (Å²) in [4.78, 5) is 0. The van der Waals surface area contributed by atoms with E-state index < -0.39 is 11.9 Å². The highest BCUT2D eigenvalue weighted by Gasteiger charge is 2.37. The molecule has 0 atom stereocenters. The van der Waals surface area contributed by atoms with Crippen LogP contribution in [0.25, 0.3) is 21.9 Å². The van der Waals surface area contributed by atoms with Crippen LogP contribution in [-0.4, -0.2) is 21.4 Å². The molecule has 2 aromatic heterocycles. The first-order valence-corrected chi connectivity index (χ1v) is 10.2. The number of nitrogens with zero attached hydrogens (tertiary/aromatic N) is 2. The van der Waals surface area contributed by atoms with Crippen LogP contribution in [0.1, 0.15) is 36.6 Å². The maximum Gasteiger partial charge on any atom is 0.437 e. The summed E-state index contributed by atoms with van der Waals surface area (Å²) in [6.07, 6.45) is -0.571. The van der Waals surface area contributed by atoms with E-state index in [0.717, 1.165) is 35.9 Å². The minimum absolute atomic E-state index is 0.00898. The lowest BCUT2D eigenvalue weighted by atomic mass is 10.0. The molecule has 4 rings (SSSR count). The van der Waals surface area contributed by atoms with Crippen LogP contribution in [0, 0.1) is 0 Å². The Morgan fingerprint density at radius 3 is 2.74 bits per heavy atom. The van der Waals surface area contributed by atoms with Gasteiger partial charge < -0.3 is 18.9 Å². The Bertz CT molecular complexity index is 1190. The number of aryl methyl sites for hydroxylation is 2. The Hall–Kier alpha value is -3.00. The second-order valence-corrected chi connectivity index (χ2v) is 7.46. The van der Waals surface area contributed by atoms with Gasteiger partial charge in [0, 0.05) is 23.8 Å². The smallest absolute Gasteiger partial charge is 0.437 e. The largest absolute Gasteiger partial charge is 0.493 e. The molecular weight excluding hydrogens is 409 g/mol. The van der Waals surface area contributed by atoms with Crippen LogP contribution >= 0.6 is 0 Å². The van der Waals surface area contributed by atoms with Crippen molar-refractivity contribution < 1.29 is 27.5 Å². The fourth-order valence-electron chi connectivity index (χ4n) is 3.83. The molecule has 164 valence electrons. The molecule has 0 radical (unpaired) electrons. The average Bonchev–Trinajstić information content (AvgIpc) is 3.36. The highest BCUT2D eigenvalue weighted by atomic mass is 19.4. The van der Waals surface area contributed by atoms with Crippen LogP contribution in [0.4, 0.5) is 13.2 Å². The summed E-state index contributed by atoms with van der Waals surface area (Å²) in [5.41, 5.74) is 1.70. The van der Waals surface area contributed by atoms with Crippen LogP contribution in [0.5, 0.6) is 5.75 Å². The van der Waals surface area contributed by atoms with Crippen LogP contribution in [0.2, 0.25) is 0 Å². The zero-order valence-corrected chi connectivity index (χ0v) is 17.1. The van der Waals surface area contributed by atoms with Gasteiger partial charge in [0.05, 0.1) is 18.6 Å². The van der Waals surface area contributed by atoms with E-state index in [0.29, 0.717) is 24.3 Å². The molecule has 8 heteroatoms. The first-order chi connectivity index (χ1) is 14.9. The summed E-state index contributed by atoms with van der Waals surface area (Å²) >= 11 is 0. The standard InChI is InChI=1S/C23H23F3N2O3/c1-2-4-17-20(8-6-18-21(17)31-27-22(18)23(24,25)26)30-12-3-10-28-11-9-16-13-15(14-29)5-7-19(16)28/h5-9,11,13,29H,2-4,10,12,14H2,1H3. The van der Waals surface area contributed by atoms with Crippen molar-refractivity contribution in [3.8, 4) is 5.75 Å². The number of halogens is 3. The molecule has 0 saturated heterocycles.